The monoisotopic (exact) mass is 340 g/mol. The number of carbonyl (C=O) groups is 2. The number of furan rings is 1. The Bertz CT molecular complexity index is 898. The SMILES string of the molecule is O=C(/C=C/c1cc2ccccc2o1)NNC(=O)c1ccccc1Cl. The van der Waals surface area contributed by atoms with Crippen molar-refractivity contribution in [2.24, 2.45) is 0 Å². The van der Waals surface area contributed by atoms with Gasteiger partial charge in [0.1, 0.15) is 11.3 Å². The standard InChI is InChI=1S/C18H13ClN2O3/c19-15-7-3-2-6-14(15)18(23)21-20-17(22)10-9-13-11-12-5-1-4-8-16(12)24-13/h1-11H,(H,20,22)(H,21,23)/b10-9+. The van der Waals surface area contributed by atoms with Gasteiger partial charge in [0.15, 0.2) is 0 Å². The quantitative estimate of drug-likeness (QED) is 0.565. The molecule has 6 heteroatoms. The Hall–Kier alpha value is -3.05. The zero-order chi connectivity index (χ0) is 16.9. The van der Waals surface area contributed by atoms with Crippen molar-refractivity contribution in [3.05, 3.63) is 77.0 Å². The fourth-order valence-electron chi connectivity index (χ4n) is 2.12. The second-order valence-corrected chi connectivity index (χ2v) is 5.35. The number of nitrogens with one attached hydrogen (secondary N) is 2. The lowest BCUT2D eigenvalue weighted by molar-refractivity contribution is -0.117. The summed E-state index contributed by atoms with van der Waals surface area (Å²) in [4.78, 5) is 23.7. The number of halogens is 1. The Morgan fingerprint density at radius 1 is 1.00 bits per heavy atom. The number of amides is 2. The molecule has 0 saturated carbocycles. The minimum atomic E-state index is -0.494. The third kappa shape index (κ3) is 3.64. The first-order valence-corrected chi connectivity index (χ1v) is 7.53. The number of para-hydroxylation sites is 1. The van der Waals surface area contributed by atoms with E-state index in [-0.39, 0.29) is 5.56 Å². The second kappa shape index (κ2) is 7.02. The average Bonchev–Trinajstić information content (AvgIpc) is 3.01. The molecule has 0 aliphatic carbocycles. The molecule has 0 fully saturated rings. The van der Waals surface area contributed by atoms with Crippen LogP contribution >= 0.6 is 11.6 Å². The van der Waals surface area contributed by atoms with Crippen LogP contribution in [0.5, 0.6) is 0 Å². The summed E-state index contributed by atoms with van der Waals surface area (Å²) >= 11 is 5.91. The number of rotatable bonds is 3. The van der Waals surface area contributed by atoms with Gasteiger partial charge in [-0.1, -0.05) is 41.9 Å². The zero-order valence-electron chi connectivity index (χ0n) is 12.5. The molecule has 0 atom stereocenters. The second-order valence-electron chi connectivity index (χ2n) is 4.94. The number of carbonyl (C=O) groups excluding carboxylic acids is 2. The van der Waals surface area contributed by atoms with Crippen molar-refractivity contribution in [3.8, 4) is 0 Å². The van der Waals surface area contributed by atoms with Gasteiger partial charge in [-0.25, -0.2) is 0 Å². The number of fused-ring (bicyclic) bond motifs is 1. The van der Waals surface area contributed by atoms with Gasteiger partial charge in [0.25, 0.3) is 11.8 Å². The summed E-state index contributed by atoms with van der Waals surface area (Å²) < 4.78 is 5.56. The molecule has 5 nitrogen and oxygen atoms in total. The van der Waals surface area contributed by atoms with Crippen LogP contribution in [0, 0.1) is 0 Å². The number of hydrazine groups is 1. The largest absolute Gasteiger partial charge is 0.457 e. The molecule has 2 N–H and O–H groups in total. The summed E-state index contributed by atoms with van der Waals surface area (Å²) in [5.41, 5.74) is 5.60. The van der Waals surface area contributed by atoms with E-state index in [4.69, 9.17) is 16.0 Å². The maximum absolute atomic E-state index is 11.9. The van der Waals surface area contributed by atoms with Crippen LogP contribution in [0.25, 0.3) is 17.0 Å². The Morgan fingerprint density at radius 3 is 2.54 bits per heavy atom. The van der Waals surface area contributed by atoms with Crippen molar-refractivity contribution in [1.29, 1.82) is 0 Å². The predicted octanol–water partition coefficient (Wildman–Crippen LogP) is 3.56. The number of hydrogen-bond acceptors (Lipinski definition) is 3. The fraction of sp³-hybridized carbons (Fsp3) is 0. The third-order valence-electron chi connectivity index (χ3n) is 3.26. The van der Waals surface area contributed by atoms with E-state index in [1.54, 1.807) is 24.3 Å². The Labute approximate surface area is 142 Å². The topological polar surface area (TPSA) is 71.3 Å². The molecule has 24 heavy (non-hydrogen) atoms. The van der Waals surface area contributed by atoms with E-state index in [9.17, 15) is 9.59 Å². The zero-order valence-corrected chi connectivity index (χ0v) is 13.2. The molecular formula is C18H13ClN2O3. The lowest BCUT2D eigenvalue weighted by atomic mass is 10.2. The van der Waals surface area contributed by atoms with Gasteiger partial charge in [-0.3, -0.25) is 20.4 Å². The Balaban J connectivity index is 1.59. The molecule has 0 aliphatic rings. The van der Waals surface area contributed by atoms with Gasteiger partial charge in [-0.15, -0.1) is 0 Å². The van der Waals surface area contributed by atoms with Gasteiger partial charge < -0.3 is 4.42 Å². The van der Waals surface area contributed by atoms with Crippen molar-refractivity contribution in [1.82, 2.24) is 10.9 Å². The highest BCUT2D eigenvalue weighted by Gasteiger charge is 2.09. The fourth-order valence-corrected chi connectivity index (χ4v) is 2.34. The number of hydrogen-bond donors (Lipinski definition) is 2. The highest BCUT2D eigenvalue weighted by atomic mass is 35.5. The van der Waals surface area contributed by atoms with E-state index < -0.39 is 11.8 Å². The van der Waals surface area contributed by atoms with Crippen LogP contribution in [0.4, 0.5) is 0 Å². The van der Waals surface area contributed by atoms with Gasteiger partial charge in [0.05, 0.1) is 10.6 Å². The molecule has 120 valence electrons. The van der Waals surface area contributed by atoms with Crippen LogP contribution < -0.4 is 10.9 Å². The van der Waals surface area contributed by atoms with E-state index in [2.05, 4.69) is 10.9 Å². The normalized spacial score (nSPS) is 10.9. The maximum Gasteiger partial charge on any atom is 0.271 e. The predicted molar refractivity (Wildman–Crippen MR) is 92.3 cm³/mol. The molecule has 1 aromatic heterocycles. The number of benzene rings is 2. The van der Waals surface area contributed by atoms with E-state index in [0.717, 1.165) is 11.0 Å². The molecular weight excluding hydrogens is 328 g/mol. The van der Waals surface area contributed by atoms with Crippen molar-refractivity contribution < 1.29 is 14.0 Å². The Kier molecular flexibility index (Phi) is 4.63. The molecule has 3 rings (SSSR count). The molecule has 0 bridgehead atoms. The van der Waals surface area contributed by atoms with E-state index >= 15 is 0 Å². The first kappa shape index (κ1) is 15.8. The molecule has 0 radical (unpaired) electrons. The molecule has 2 amide bonds. The molecule has 0 aliphatic heterocycles. The minimum Gasteiger partial charge on any atom is -0.457 e. The van der Waals surface area contributed by atoms with Gasteiger partial charge >= 0.3 is 0 Å². The summed E-state index contributed by atoms with van der Waals surface area (Å²) in [6.07, 6.45) is 2.79. The van der Waals surface area contributed by atoms with Gasteiger partial charge in [-0.05, 0) is 30.3 Å². The lowest BCUT2D eigenvalue weighted by Crippen LogP contribution is -2.40. The smallest absolute Gasteiger partial charge is 0.271 e. The average molecular weight is 341 g/mol. The van der Waals surface area contributed by atoms with Gasteiger partial charge in [-0.2, -0.15) is 0 Å². The van der Waals surface area contributed by atoms with Crippen molar-refractivity contribution in [3.63, 3.8) is 0 Å². The third-order valence-corrected chi connectivity index (χ3v) is 3.59. The molecule has 3 aromatic rings. The summed E-state index contributed by atoms with van der Waals surface area (Å²) in [6, 6.07) is 15.9. The summed E-state index contributed by atoms with van der Waals surface area (Å²) in [5.74, 6) is -0.439. The Morgan fingerprint density at radius 2 is 1.75 bits per heavy atom. The summed E-state index contributed by atoms with van der Waals surface area (Å²) in [7, 11) is 0. The highest BCUT2D eigenvalue weighted by Crippen LogP contribution is 2.19. The van der Waals surface area contributed by atoms with Crippen LogP contribution in [0.15, 0.2) is 65.1 Å². The minimum absolute atomic E-state index is 0.278. The van der Waals surface area contributed by atoms with Gasteiger partial charge in [0, 0.05) is 11.5 Å². The molecule has 0 spiro atoms. The molecule has 0 saturated heterocycles. The van der Waals surface area contributed by atoms with E-state index in [1.165, 1.54) is 12.2 Å². The van der Waals surface area contributed by atoms with E-state index in [1.807, 2.05) is 30.3 Å². The van der Waals surface area contributed by atoms with Crippen LogP contribution in [0.2, 0.25) is 5.02 Å². The molecule has 1 heterocycles. The summed E-state index contributed by atoms with van der Waals surface area (Å²) in [5, 5.41) is 1.26. The van der Waals surface area contributed by atoms with Crippen LogP contribution in [0.3, 0.4) is 0 Å². The summed E-state index contributed by atoms with van der Waals surface area (Å²) in [6.45, 7) is 0. The molecule has 2 aromatic carbocycles. The van der Waals surface area contributed by atoms with E-state index in [0.29, 0.717) is 10.8 Å². The first-order chi connectivity index (χ1) is 11.6. The molecule has 0 unspecified atom stereocenters. The van der Waals surface area contributed by atoms with Crippen molar-refractivity contribution in [2.75, 3.05) is 0 Å². The maximum atomic E-state index is 11.9. The highest BCUT2D eigenvalue weighted by molar-refractivity contribution is 6.33. The first-order valence-electron chi connectivity index (χ1n) is 7.15. The van der Waals surface area contributed by atoms with Crippen molar-refractivity contribution >= 4 is 40.5 Å². The van der Waals surface area contributed by atoms with Crippen LogP contribution in [-0.4, -0.2) is 11.8 Å². The van der Waals surface area contributed by atoms with Gasteiger partial charge in [0.2, 0.25) is 0 Å². The van der Waals surface area contributed by atoms with Crippen LogP contribution in [0.1, 0.15) is 16.1 Å². The lowest BCUT2D eigenvalue weighted by Gasteiger charge is -2.06. The van der Waals surface area contributed by atoms with Crippen molar-refractivity contribution in [2.45, 2.75) is 0 Å². The van der Waals surface area contributed by atoms with Crippen LogP contribution in [-0.2, 0) is 4.79 Å².